The van der Waals surface area contributed by atoms with E-state index in [1.807, 2.05) is 31.3 Å². The minimum absolute atomic E-state index is 0.465. The number of nitrogens with zero attached hydrogens (tertiary/aromatic N) is 1. The van der Waals surface area contributed by atoms with E-state index in [1.54, 1.807) is 19.5 Å². The lowest BCUT2D eigenvalue weighted by Gasteiger charge is -2.20. The number of aliphatic hydroxyl groups is 1. The SMILES string of the molecule is C[C@H](O)c1ccc(N(C)Cc2ccoc2)cc1Br. The van der Waals surface area contributed by atoms with Crippen LogP contribution < -0.4 is 4.90 Å². The summed E-state index contributed by atoms with van der Waals surface area (Å²) in [5.41, 5.74) is 3.12. The number of hydrogen-bond donors (Lipinski definition) is 1. The molecular formula is C14H16BrNO2. The van der Waals surface area contributed by atoms with Crippen LogP contribution in [0.25, 0.3) is 0 Å². The Morgan fingerprint density at radius 1 is 1.39 bits per heavy atom. The maximum Gasteiger partial charge on any atom is 0.0952 e. The maximum atomic E-state index is 9.59. The van der Waals surface area contributed by atoms with Gasteiger partial charge in [0, 0.05) is 29.3 Å². The molecule has 1 aromatic carbocycles. The van der Waals surface area contributed by atoms with E-state index in [0.29, 0.717) is 0 Å². The summed E-state index contributed by atoms with van der Waals surface area (Å²) in [6, 6.07) is 7.92. The Labute approximate surface area is 115 Å². The van der Waals surface area contributed by atoms with Crippen LogP contribution in [0.1, 0.15) is 24.2 Å². The first-order valence-corrected chi connectivity index (χ1v) is 6.57. The van der Waals surface area contributed by atoms with Gasteiger partial charge in [-0.15, -0.1) is 0 Å². The molecule has 0 saturated carbocycles. The minimum Gasteiger partial charge on any atom is -0.472 e. The van der Waals surface area contributed by atoms with Gasteiger partial charge >= 0.3 is 0 Å². The molecule has 4 heteroatoms. The number of rotatable bonds is 4. The Morgan fingerprint density at radius 3 is 2.72 bits per heavy atom. The van der Waals surface area contributed by atoms with Gasteiger partial charge in [0.15, 0.2) is 0 Å². The molecule has 0 aliphatic carbocycles. The van der Waals surface area contributed by atoms with Crippen molar-refractivity contribution in [1.29, 1.82) is 0 Å². The van der Waals surface area contributed by atoms with Gasteiger partial charge < -0.3 is 14.4 Å². The molecule has 18 heavy (non-hydrogen) atoms. The molecule has 0 saturated heterocycles. The number of halogens is 1. The molecule has 1 aromatic heterocycles. The van der Waals surface area contributed by atoms with Gasteiger partial charge in [-0.3, -0.25) is 0 Å². The average molecular weight is 310 g/mol. The van der Waals surface area contributed by atoms with E-state index in [4.69, 9.17) is 4.42 Å². The van der Waals surface area contributed by atoms with Gasteiger partial charge in [-0.2, -0.15) is 0 Å². The van der Waals surface area contributed by atoms with Crippen molar-refractivity contribution in [1.82, 2.24) is 0 Å². The molecule has 2 rings (SSSR count). The number of furan rings is 1. The van der Waals surface area contributed by atoms with Crippen molar-refractivity contribution >= 4 is 21.6 Å². The summed E-state index contributed by atoms with van der Waals surface area (Å²) in [4.78, 5) is 2.13. The second-order valence-electron chi connectivity index (χ2n) is 4.37. The highest BCUT2D eigenvalue weighted by atomic mass is 79.9. The average Bonchev–Trinajstić information content (AvgIpc) is 2.81. The van der Waals surface area contributed by atoms with Crippen LogP contribution in [0.5, 0.6) is 0 Å². The summed E-state index contributed by atoms with van der Waals surface area (Å²) >= 11 is 3.49. The highest BCUT2D eigenvalue weighted by Gasteiger charge is 2.09. The summed E-state index contributed by atoms with van der Waals surface area (Å²) < 4.78 is 5.98. The lowest BCUT2D eigenvalue weighted by molar-refractivity contribution is 0.198. The summed E-state index contributed by atoms with van der Waals surface area (Å²) in [7, 11) is 2.02. The Morgan fingerprint density at radius 2 is 2.17 bits per heavy atom. The molecule has 0 aliphatic heterocycles. The molecule has 0 radical (unpaired) electrons. The van der Waals surface area contributed by atoms with Crippen molar-refractivity contribution in [3.8, 4) is 0 Å². The molecule has 0 aliphatic rings. The van der Waals surface area contributed by atoms with Crippen molar-refractivity contribution in [2.45, 2.75) is 19.6 Å². The molecule has 0 spiro atoms. The van der Waals surface area contributed by atoms with Crippen LogP contribution in [-0.4, -0.2) is 12.2 Å². The van der Waals surface area contributed by atoms with Crippen LogP contribution >= 0.6 is 15.9 Å². The standard InChI is InChI=1S/C14H16BrNO2/c1-10(17)13-4-3-12(7-14(13)15)16(2)8-11-5-6-18-9-11/h3-7,9-10,17H,8H2,1-2H3/t10-/m0/s1. The lowest BCUT2D eigenvalue weighted by atomic mass is 10.1. The fraction of sp³-hybridized carbons (Fsp3) is 0.286. The van der Waals surface area contributed by atoms with Crippen molar-refractivity contribution in [3.05, 3.63) is 52.4 Å². The number of benzene rings is 1. The lowest BCUT2D eigenvalue weighted by Crippen LogP contribution is -2.16. The second kappa shape index (κ2) is 5.59. The molecule has 1 atom stereocenters. The number of hydrogen-bond acceptors (Lipinski definition) is 3. The zero-order chi connectivity index (χ0) is 13.1. The third kappa shape index (κ3) is 2.94. The predicted octanol–water partition coefficient (Wildman–Crippen LogP) is 3.73. The van der Waals surface area contributed by atoms with Gasteiger partial charge in [0.1, 0.15) is 0 Å². The zero-order valence-corrected chi connectivity index (χ0v) is 12.0. The van der Waals surface area contributed by atoms with Crippen molar-refractivity contribution < 1.29 is 9.52 Å². The van der Waals surface area contributed by atoms with E-state index in [9.17, 15) is 5.11 Å². The molecule has 3 nitrogen and oxygen atoms in total. The van der Waals surface area contributed by atoms with Crippen LogP contribution in [0.2, 0.25) is 0 Å². The first-order chi connectivity index (χ1) is 8.58. The van der Waals surface area contributed by atoms with Crippen LogP contribution in [0.3, 0.4) is 0 Å². The van der Waals surface area contributed by atoms with Crippen molar-refractivity contribution in [2.24, 2.45) is 0 Å². The van der Waals surface area contributed by atoms with E-state index in [-0.39, 0.29) is 0 Å². The van der Waals surface area contributed by atoms with E-state index in [0.717, 1.165) is 27.8 Å². The molecule has 2 aromatic rings. The second-order valence-corrected chi connectivity index (χ2v) is 5.22. The first-order valence-electron chi connectivity index (χ1n) is 5.77. The van der Waals surface area contributed by atoms with Crippen LogP contribution in [-0.2, 0) is 6.54 Å². The van der Waals surface area contributed by atoms with E-state index in [2.05, 4.69) is 20.8 Å². The molecule has 0 unspecified atom stereocenters. The molecule has 96 valence electrons. The Kier molecular flexibility index (Phi) is 4.09. The summed E-state index contributed by atoms with van der Waals surface area (Å²) in [5, 5.41) is 9.59. The highest BCUT2D eigenvalue weighted by Crippen LogP contribution is 2.28. The van der Waals surface area contributed by atoms with E-state index >= 15 is 0 Å². The molecular weight excluding hydrogens is 294 g/mol. The molecule has 0 bridgehead atoms. The third-order valence-electron chi connectivity index (χ3n) is 2.87. The van der Waals surface area contributed by atoms with Crippen LogP contribution in [0, 0.1) is 0 Å². The predicted molar refractivity (Wildman–Crippen MR) is 75.6 cm³/mol. The molecule has 0 fully saturated rings. The largest absolute Gasteiger partial charge is 0.472 e. The van der Waals surface area contributed by atoms with Gasteiger partial charge in [0.2, 0.25) is 0 Å². The van der Waals surface area contributed by atoms with Crippen molar-refractivity contribution in [2.75, 3.05) is 11.9 Å². The Balaban J connectivity index is 2.16. The monoisotopic (exact) mass is 309 g/mol. The highest BCUT2D eigenvalue weighted by molar-refractivity contribution is 9.10. The normalized spacial score (nSPS) is 12.4. The van der Waals surface area contributed by atoms with Crippen LogP contribution in [0.15, 0.2) is 45.7 Å². The fourth-order valence-electron chi connectivity index (χ4n) is 1.84. The van der Waals surface area contributed by atoms with Gasteiger partial charge in [0.25, 0.3) is 0 Å². The van der Waals surface area contributed by atoms with Gasteiger partial charge in [-0.25, -0.2) is 0 Å². The molecule has 1 heterocycles. The molecule has 1 N–H and O–H groups in total. The smallest absolute Gasteiger partial charge is 0.0952 e. The van der Waals surface area contributed by atoms with E-state index < -0.39 is 6.10 Å². The van der Waals surface area contributed by atoms with Gasteiger partial charge in [0.05, 0.1) is 18.6 Å². The van der Waals surface area contributed by atoms with Gasteiger partial charge in [-0.05, 0) is 30.7 Å². The quantitative estimate of drug-likeness (QED) is 0.935. The summed E-state index contributed by atoms with van der Waals surface area (Å²) in [6.07, 6.45) is 2.96. The summed E-state index contributed by atoms with van der Waals surface area (Å²) in [5.74, 6) is 0. The fourth-order valence-corrected chi connectivity index (χ4v) is 2.54. The molecule has 0 amide bonds. The van der Waals surface area contributed by atoms with Gasteiger partial charge in [-0.1, -0.05) is 22.0 Å². The van der Waals surface area contributed by atoms with Crippen LogP contribution in [0.4, 0.5) is 5.69 Å². The minimum atomic E-state index is -0.465. The topological polar surface area (TPSA) is 36.6 Å². The number of anilines is 1. The maximum absolute atomic E-state index is 9.59. The third-order valence-corrected chi connectivity index (χ3v) is 3.56. The summed E-state index contributed by atoms with van der Waals surface area (Å²) in [6.45, 7) is 2.55. The van der Waals surface area contributed by atoms with Crippen molar-refractivity contribution in [3.63, 3.8) is 0 Å². The Bertz CT molecular complexity index is 509. The zero-order valence-electron chi connectivity index (χ0n) is 10.4. The first kappa shape index (κ1) is 13.2. The number of aliphatic hydroxyl groups excluding tert-OH is 1. The Hall–Kier alpha value is -1.26. The van der Waals surface area contributed by atoms with E-state index in [1.165, 1.54) is 0 Å².